The van der Waals surface area contributed by atoms with Crippen LogP contribution in [0.4, 0.5) is 5.69 Å². The van der Waals surface area contributed by atoms with Gasteiger partial charge in [0.05, 0.1) is 10.4 Å². The molecule has 0 spiro atoms. The van der Waals surface area contributed by atoms with Crippen molar-refractivity contribution >= 4 is 33.0 Å². The number of hydrogen-bond acceptors (Lipinski definition) is 4. The molecule has 1 aromatic heterocycles. The highest BCUT2D eigenvalue weighted by molar-refractivity contribution is 9.11. The largest absolute Gasteiger partial charge is 0.493 e. The smallest absolute Gasteiger partial charge is 0.118 e. The third-order valence-corrected chi connectivity index (χ3v) is 5.77. The highest BCUT2D eigenvalue weighted by Crippen LogP contribution is 2.23. The lowest BCUT2D eigenvalue weighted by atomic mass is 10.1. The third-order valence-electron chi connectivity index (χ3n) is 4.08. The molecule has 2 N–H and O–H groups in total. The van der Waals surface area contributed by atoms with Crippen molar-refractivity contribution in [1.29, 1.82) is 0 Å². The van der Waals surface area contributed by atoms with Gasteiger partial charge in [-0.05, 0) is 64.3 Å². The molecule has 0 unspecified atom stereocenters. The van der Waals surface area contributed by atoms with E-state index in [-0.39, 0.29) is 0 Å². The molecule has 1 aromatic carbocycles. The van der Waals surface area contributed by atoms with E-state index in [0.717, 1.165) is 31.0 Å². The number of ether oxygens (including phenoxy) is 1. The summed E-state index contributed by atoms with van der Waals surface area (Å²) < 4.78 is 7.02. The molecule has 0 atom stereocenters. The average Bonchev–Trinajstić information content (AvgIpc) is 2.99. The SMILES string of the molecule is Cc1c(N)cccc1CN1C=CC(OCCc2ccc(Br)s2)=CC1. The second-order valence-corrected chi connectivity index (χ2v) is 8.33. The monoisotopic (exact) mass is 404 g/mol. The molecular formula is C19H21BrN2OS. The van der Waals surface area contributed by atoms with E-state index < -0.39 is 0 Å². The highest BCUT2D eigenvalue weighted by Gasteiger charge is 2.09. The van der Waals surface area contributed by atoms with Crippen molar-refractivity contribution in [3.8, 4) is 0 Å². The van der Waals surface area contributed by atoms with Crippen molar-refractivity contribution in [2.75, 3.05) is 18.9 Å². The zero-order valence-corrected chi connectivity index (χ0v) is 16.1. The molecule has 5 heteroatoms. The highest BCUT2D eigenvalue weighted by atomic mass is 79.9. The molecule has 24 heavy (non-hydrogen) atoms. The van der Waals surface area contributed by atoms with E-state index in [1.54, 1.807) is 11.3 Å². The summed E-state index contributed by atoms with van der Waals surface area (Å²) in [6.07, 6.45) is 7.20. The lowest BCUT2D eigenvalue weighted by Crippen LogP contribution is -2.20. The van der Waals surface area contributed by atoms with Crippen LogP contribution in [0.1, 0.15) is 16.0 Å². The summed E-state index contributed by atoms with van der Waals surface area (Å²) in [4.78, 5) is 3.59. The molecule has 3 rings (SSSR count). The van der Waals surface area contributed by atoms with Gasteiger partial charge in [-0.3, -0.25) is 0 Å². The van der Waals surface area contributed by atoms with Crippen molar-refractivity contribution < 1.29 is 4.74 Å². The van der Waals surface area contributed by atoms with E-state index in [1.165, 1.54) is 19.8 Å². The Morgan fingerprint density at radius 3 is 2.88 bits per heavy atom. The first-order valence-corrected chi connectivity index (χ1v) is 9.56. The van der Waals surface area contributed by atoms with Crippen molar-refractivity contribution in [3.05, 3.63) is 74.2 Å². The first kappa shape index (κ1) is 17.1. The fourth-order valence-corrected chi connectivity index (χ4v) is 4.05. The molecule has 3 nitrogen and oxygen atoms in total. The van der Waals surface area contributed by atoms with Crippen molar-refractivity contribution in [2.45, 2.75) is 19.9 Å². The van der Waals surface area contributed by atoms with Gasteiger partial charge in [-0.15, -0.1) is 11.3 Å². The lowest BCUT2D eigenvalue weighted by Gasteiger charge is -2.24. The summed E-state index contributed by atoms with van der Waals surface area (Å²) >= 11 is 5.24. The van der Waals surface area contributed by atoms with Crippen LogP contribution >= 0.6 is 27.3 Å². The molecule has 0 radical (unpaired) electrons. The van der Waals surface area contributed by atoms with E-state index in [0.29, 0.717) is 6.61 Å². The van der Waals surface area contributed by atoms with Crippen LogP contribution in [0.5, 0.6) is 0 Å². The quantitative estimate of drug-likeness (QED) is 0.697. The third kappa shape index (κ3) is 4.42. The summed E-state index contributed by atoms with van der Waals surface area (Å²) in [5.41, 5.74) is 9.27. The fraction of sp³-hybridized carbons (Fsp3) is 0.263. The Balaban J connectivity index is 1.47. The second-order valence-electron chi connectivity index (χ2n) is 5.79. The van der Waals surface area contributed by atoms with Crippen LogP contribution in [0.15, 0.2) is 58.2 Å². The number of rotatable bonds is 6. The average molecular weight is 405 g/mol. The molecule has 1 aliphatic heterocycles. The van der Waals surface area contributed by atoms with Crippen LogP contribution in [-0.4, -0.2) is 18.1 Å². The number of benzene rings is 1. The Morgan fingerprint density at radius 1 is 1.29 bits per heavy atom. The van der Waals surface area contributed by atoms with Gasteiger partial charge in [0.25, 0.3) is 0 Å². The number of hydrogen-bond donors (Lipinski definition) is 1. The van der Waals surface area contributed by atoms with Crippen LogP contribution in [0, 0.1) is 6.92 Å². The van der Waals surface area contributed by atoms with Crippen LogP contribution in [-0.2, 0) is 17.7 Å². The standard InChI is InChI=1S/C19H21BrN2OS/c1-14-15(3-2-4-18(14)21)13-22-10-7-16(8-11-22)23-12-9-17-5-6-19(20)24-17/h2-8,10H,9,11-13,21H2,1H3. The minimum Gasteiger partial charge on any atom is -0.493 e. The number of nitrogen functional groups attached to an aromatic ring is 1. The normalized spacial score (nSPS) is 13.9. The molecular weight excluding hydrogens is 384 g/mol. The zero-order valence-electron chi connectivity index (χ0n) is 13.7. The molecule has 0 aliphatic carbocycles. The minimum absolute atomic E-state index is 0.706. The predicted molar refractivity (Wildman–Crippen MR) is 105 cm³/mol. The van der Waals surface area contributed by atoms with Gasteiger partial charge in [0.15, 0.2) is 0 Å². The summed E-state index contributed by atoms with van der Waals surface area (Å²) in [6, 6.07) is 10.3. The molecule has 0 saturated heterocycles. The zero-order chi connectivity index (χ0) is 16.9. The number of anilines is 1. The van der Waals surface area contributed by atoms with Crippen LogP contribution < -0.4 is 5.73 Å². The van der Waals surface area contributed by atoms with Gasteiger partial charge in [-0.25, -0.2) is 0 Å². The number of allylic oxidation sites excluding steroid dienone is 1. The Hall–Kier alpha value is -1.72. The Morgan fingerprint density at radius 2 is 2.17 bits per heavy atom. The fourth-order valence-electron chi connectivity index (χ4n) is 2.59. The number of thiophene rings is 1. The van der Waals surface area contributed by atoms with Gasteiger partial charge in [-0.2, -0.15) is 0 Å². The molecule has 126 valence electrons. The molecule has 2 heterocycles. The first-order chi connectivity index (χ1) is 11.6. The summed E-state index contributed by atoms with van der Waals surface area (Å²) in [6.45, 7) is 4.49. The summed E-state index contributed by atoms with van der Waals surface area (Å²) in [5, 5.41) is 0. The van der Waals surface area contributed by atoms with Crippen molar-refractivity contribution in [3.63, 3.8) is 0 Å². The Bertz CT molecular complexity index is 766. The first-order valence-electron chi connectivity index (χ1n) is 7.95. The second kappa shape index (κ2) is 7.90. The van der Waals surface area contributed by atoms with Gasteiger partial charge >= 0.3 is 0 Å². The van der Waals surface area contributed by atoms with Crippen LogP contribution in [0.25, 0.3) is 0 Å². The topological polar surface area (TPSA) is 38.5 Å². The van der Waals surface area contributed by atoms with Crippen LogP contribution in [0.3, 0.4) is 0 Å². The lowest BCUT2D eigenvalue weighted by molar-refractivity contribution is 0.221. The number of halogens is 1. The van der Waals surface area contributed by atoms with Crippen molar-refractivity contribution in [2.24, 2.45) is 0 Å². The van der Waals surface area contributed by atoms with Gasteiger partial charge in [0.1, 0.15) is 5.76 Å². The molecule has 0 saturated carbocycles. The van der Waals surface area contributed by atoms with E-state index in [4.69, 9.17) is 10.5 Å². The Labute approximate surface area is 155 Å². The molecule has 0 bridgehead atoms. The number of nitrogens with two attached hydrogens (primary N) is 1. The molecule has 0 amide bonds. The van der Waals surface area contributed by atoms with E-state index in [2.05, 4.69) is 58.2 Å². The van der Waals surface area contributed by atoms with E-state index in [9.17, 15) is 0 Å². The van der Waals surface area contributed by atoms with Crippen LogP contribution in [0.2, 0.25) is 0 Å². The summed E-state index contributed by atoms with van der Waals surface area (Å²) in [5.74, 6) is 0.950. The number of nitrogens with zero attached hydrogens (tertiary/aromatic N) is 1. The minimum atomic E-state index is 0.706. The molecule has 1 aliphatic rings. The van der Waals surface area contributed by atoms with Gasteiger partial charge in [0, 0.05) is 36.3 Å². The van der Waals surface area contributed by atoms with Gasteiger partial charge < -0.3 is 15.4 Å². The molecule has 0 fully saturated rings. The maximum absolute atomic E-state index is 5.98. The Kier molecular flexibility index (Phi) is 5.63. The van der Waals surface area contributed by atoms with Crippen molar-refractivity contribution in [1.82, 2.24) is 4.90 Å². The van der Waals surface area contributed by atoms with E-state index >= 15 is 0 Å². The molecule has 2 aromatic rings. The summed E-state index contributed by atoms with van der Waals surface area (Å²) in [7, 11) is 0. The maximum atomic E-state index is 5.98. The van der Waals surface area contributed by atoms with Gasteiger partial charge in [0.2, 0.25) is 0 Å². The maximum Gasteiger partial charge on any atom is 0.118 e. The van der Waals surface area contributed by atoms with Gasteiger partial charge in [-0.1, -0.05) is 12.1 Å². The van der Waals surface area contributed by atoms with E-state index in [1.807, 2.05) is 18.2 Å². The predicted octanol–water partition coefficient (Wildman–Crippen LogP) is 4.87.